The number of hydrogen-bond acceptors (Lipinski definition) is 2. The van der Waals surface area contributed by atoms with Crippen molar-refractivity contribution in [3.05, 3.63) is 35.6 Å². The van der Waals surface area contributed by atoms with Gasteiger partial charge >= 0.3 is 0 Å². The summed E-state index contributed by atoms with van der Waals surface area (Å²) in [6.45, 7) is 6.43. The highest BCUT2D eigenvalue weighted by molar-refractivity contribution is 5.85. The minimum atomic E-state index is -0.243. The van der Waals surface area contributed by atoms with Crippen molar-refractivity contribution in [3.8, 4) is 0 Å². The van der Waals surface area contributed by atoms with Crippen LogP contribution in [0.1, 0.15) is 19.4 Å². The Bertz CT molecular complexity index is 455. The molecule has 1 amide bonds. The Kier molecular flexibility index (Phi) is 6.43. The lowest BCUT2D eigenvalue weighted by molar-refractivity contribution is -0.137. The largest absolute Gasteiger partial charge is 0.337 e. The molecule has 2 atom stereocenters. The highest BCUT2D eigenvalue weighted by Gasteiger charge is 2.26. The van der Waals surface area contributed by atoms with Crippen LogP contribution in [-0.4, -0.2) is 36.5 Å². The molecule has 1 fully saturated rings. The molecule has 1 aromatic carbocycles. The van der Waals surface area contributed by atoms with Crippen LogP contribution in [0.5, 0.6) is 0 Å². The SMILES string of the molecule is CC(Cc1cccc(F)c1)C(=O)N1CCNC[C@@H]1C.Cl. The molecule has 5 heteroatoms. The van der Waals surface area contributed by atoms with Crippen molar-refractivity contribution < 1.29 is 9.18 Å². The molecule has 1 aromatic rings. The first-order valence-electron chi connectivity index (χ1n) is 6.83. The van der Waals surface area contributed by atoms with Crippen LogP contribution < -0.4 is 5.32 Å². The first kappa shape index (κ1) is 16.9. The van der Waals surface area contributed by atoms with Gasteiger partial charge in [0.1, 0.15) is 5.82 Å². The Hall–Kier alpha value is -1.13. The minimum absolute atomic E-state index is 0. The van der Waals surface area contributed by atoms with Crippen LogP contribution in [0.25, 0.3) is 0 Å². The average Bonchev–Trinajstić information content (AvgIpc) is 2.38. The van der Waals surface area contributed by atoms with E-state index in [-0.39, 0.29) is 36.1 Å². The second-order valence-corrected chi connectivity index (χ2v) is 5.32. The zero-order valence-corrected chi connectivity index (χ0v) is 12.8. The van der Waals surface area contributed by atoms with Crippen molar-refractivity contribution in [2.75, 3.05) is 19.6 Å². The summed E-state index contributed by atoms with van der Waals surface area (Å²) in [5, 5.41) is 3.27. The molecule has 0 spiro atoms. The molecule has 1 aliphatic heterocycles. The van der Waals surface area contributed by atoms with Crippen molar-refractivity contribution in [2.24, 2.45) is 5.92 Å². The van der Waals surface area contributed by atoms with Gasteiger partial charge in [-0.3, -0.25) is 4.79 Å². The third-order valence-corrected chi connectivity index (χ3v) is 3.64. The fourth-order valence-corrected chi connectivity index (χ4v) is 2.56. The topological polar surface area (TPSA) is 32.3 Å². The van der Waals surface area contributed by atoms with Gasteiger partial charge in [0.15, 0.2) is 0 Å². The van der Waals surface area contributed by atoms with E-state index in [0.717, 1.165) is 25.2 Å². The number of piperazine rings is 1. The summed E-state index contributed by atoms with van der Waals surface area (Å²) in [7, 11) is 0. The van der Waals surface area contributed by atoms with Crippen molar-refractivity contribution >= 4 is 18.3 Å². The highest BCUT2D eigenvalue weighted by atomic mass is 35.5. The van der Waals surface area contributed by atoms with Crippen LogP contribution >= 0.6 is 12.4 Å². The minimum Gasteiger partial charge on any atom is -0.337 e. The van der Waals surface area contributed by atoms with Crippen LogP contribution in [0.4, 0.5) is 4.39 Å². The van der Waals surface area contributed by atoms with Gasteiger partial charge < -0.3 is 10.2 Å². The molecule has 0 aromatic heterocycles. The summed E-state index contributed by atoms with van der Waals surface area (Å²) in [6, 6.07) is 6.72. The standard InChI is InChI=1S/C15H21FN2O.ClH/c1-11(8-13-4-3-5-14(16)9-13)15(19)18-7-6-17-10-12(18)2;/h3-5,9,11-12,17H,6-8,10H2,1-2H3;1H/t11?,12-;/m0./s1. The summed E-state index contributed by atoms with van der Waals surface area (Å²) in [6.07, 6.45) is 0.591. The first-order chi connectivity index (χ1) is 9.08. The molecule has 2 rings (SSSR count). The summed E-state index contributed by atoms with van der Waals surface area (Å²) in [4.78, 5) is 14.3. The Morgan fingerprint density at radius 2 is 2.30 bits per heavy atom. The third-order valence-electron chi connectivity index (χ3n) is 3.64. The molecular formula is C15H22ClFN2O. The molecule has 3 nitrogen and oxygen atoms in total. The Balaban J connectivity index is 0.00000200. The Labute approximate surface area is 125 Å². The monoisotopic (exact) mass is 300 g/mol. The fraction of sp³-hybridized carbons (Fsp3) is 0.533. The van der Waals surface area contributed by atoms with Gasteiger partial charge in [0.05, 0.1) is 0 Å². The number of carbonyl (C=O) groups excluding carboxylic acids is 1. The van der Waals surface area contributed by atoms with E-state index in [2.05, 4.69) is 12.2 Å². The van der Waals surface area contributed by atoms with Crippen LogP contribution in [0, 0.1) is 11.7 Å². The second kappa shape index (κ2) is 7.60. The van der Waals surface area contributed by atoms with Gasteiger partial charge in [-0.1, -0.05) is 19.1 Å². The molecule has 0 aliphatic carbocycles. The average molecular weight is 301 g/mol. The van der Waals surface area contributed by atoms with Gasteiger partial charge in [0.25, 0.3) is 0 Å². The van der Waals surface area contributed by atoms with Crippen LogP contribution in [0.2, 0.25) is 0 Å². The number of halogens is 2. The molecule has 20 heavy (non-hydrogen) atoms. The van der Waals surface area contributed by atoms with E-state index >= 15 is 0 Å². The van der Waals surface area contributed by atoms with E-state index in [1.165, 1.54) is 12.1 Å². The number of rotatable bonds is 3. The molecule has 1 heterocycles. The fourth-order valence-electron chi connectivity index (χ4n) is 2.56. The van der Waals surface area contributed by atoms with E-state index in [4.69, 9.17) is 0 Å². The quantitative estimate of drug-likeness (QED) is 0.928. The third kappa shape index (κ3) is 4.18. The van der Waals surface area contributed by atoms with E-state index in [1.54, 1.807) is 6.07 Å². The van der Waals surface area contributed by atoms with Gasteiger partial charge in [0.2, 0.25) is 5.91 Å². The maximum absolute atomic E-state index is 13.1. The van der Waals surface area contributed by atoms with E-state index < -0.39 is 0 Å². The zero-order valence-electron chi connectivity index (χ0n) is 11.9. The number of amides is 1. The predicted octanol–water partition coefficient (Wildman–Crippen LogP) is 2.25. The molecule has 0 saturated carbocycles. The van der Waals surface area contributed by atoms with Gasteiger partial charge in [-0.15, -0.1) is 12.4 Å². The Morgan fingerprint density at radius 1 is 1.55 bits per heavy atom. The normalized spacial score (nSPS) is 20.1. The number of nitrogens with one attached hydrogen (secondary N) is 1. The van der Waals surface area contributed by atoms with Gasteiger partial charge in [-0.25, -0.2) is 4.39 Å². The lowest BCUT2D eigenvalue weighted by atomic mass is 9.98. The maximum Gasteiger partial charge on any atom is 0.226 e. The molecule has 1 N–H and O–H groups in total. The summed E-state index contributed by atoms with van der Waals surface area (Å²) < 4.78 is 13.1. The van der Waals surface area contributed by atoms with E-state index in [0.29, 0.717) is 6.42 Å². The summed E-state index contributed by atoms with van der Waals surface area (Å²) in [5.74, 6) is -0.187. The summed E-state index contributed by atoms with van der Waals surface area (Å²) >= 11 is 0. The van der Waals surface area contributed by atoms with Crippen LogP contribution in [0.3, 0.4) is 0 Å². The maximum atomic E-state index is 13.1. The highest BCUT2D eigenvalue weighted by Crippen LogP contribution is 2.15. The molecule has 0 bridgehead atoms. The van der Waals surface area contributed by atoms with Gasteiger partial charge in [0, 0.05) is 31.6 Å². The van der Waals surface area contributed by atoms with Gasteiger partial charge in [-0.2, -0.15) is 0 Å². The lowest BCUT2D eigenvalue weighted by Gasteiger charge is -2.35. The molecule has 1 saturated heterocycles. The van der Waals surface area contributed by atoms with Crippen LogP contribution in [0.15, 0.2) is 24.3 Å². The first-order valence-corrected chi connectivity index (χ1v) is 6.83. The van der Waals surface area contributed by atoms with Crippen molar-refractivity contribution in [3.63, 3.8) is 0 Å². The number of carbonyl (C=O) groups is 1. The van der Waals surface area contributed by atoms with E-state index in [9.17, 15) is 9.18 Å². The number of hydrogen-bond donors (Lipinski definition) is 1. The molecule has 1 unspecified atom stereocenters. The predicted molar refractivity (Wildman–Crippen MR) is 80.6 cm³/mol. The molecular weight excluding hydrogens is 279 g/mol. The van der Waals surface area contributed by atoms with Crippen molar-refractivity contribution in [2.45, 2.75) is 26.3 Å². The van der Waals surface area contributed by atoms with Gasteiger partial charge in [-0.05, 0) is 31.0 Å². The molecule has 1 aliphatic rings. The zero-order chi connectivity index (χ0) is 13.8. The van der Waals surface area contributed by atoms with Crippen LogP contribution in [-0.2, 0) is 11.2 Å². The van der Waals surface area contributed by atoms with E-state index in [1.807, 2.05) is 17.9 Å². The smallest absolute Gasteiger partial charge is 0.226 e. The van der Waals surface area contributed by atoms with Crippen molar-refractivity contribution in [1.82, 2.24) is 10.2 Å². The summed E-state index contributed by atoms with van der Waals surface area (Å²) in [5.41, 5.74) is 0.878. The number of nitrogens with zero attached hydrogens (tertiary/aromatic N) is 1. The lowest BCUT2D eigenvalue weighted by Crippen LogP contribution is -2.53. The Morgan fingerprint density at radius 3 is 2.95 bits per heavy atom. The van der Waals surface area contributed by atoms with Crippen molar-refractivity contribution in [1.29, 1.82) is 0 Å². The number of benzene rings is 1. The second-order valence-electron chi connectivity index (χ2n) is 5.32. The molecule has 0 radical (unpaired) electrons. The molecule has 112 valence electrons.